The van der Waals surface area contributed by atoms with E-state index in [1.807, 2.05) is 4.90 Å². The lowest BCUT2D eigenvalue weighted by atomic mass is 10.2. The fourth-order valence-corrected chi connectivity index (χ4v) is 1.69. The third-order valence-electron chi connectivity index (χ3n) is 2.77. The standard InChI is InChI=1S/C10H18N2O/c1-4-10(13)12-7-6-9(8-12)11(3)5-2/h4,9H,1,5-8H2,2-3H3. The molecule has 0 aromatic heterocycles. The Labute approximate surface area is 80.0 Å². The minimum absolute atomic E-state index is 0.0620. The highest BCUT2D eigenvalue weighted by atomic mass is 16.2. The van der Waals surface area contributed by atoms with Gasteiger partial charge in [-0.1, -0.05) is 13.5 Å². The first-order valence-corrected chi connectivity index (χ1v) is 4.80. The van der Waals surface area contributed by atoms with Gasteiger partial charge in [0.05, 0.1) is 0 Å². The molecule has 3 heteroatoms. The summed E-state index contributed by atoms with van der Waals surface area (Å²) in [5, 5.41) is 0. The van der Waals surface area contributed by atoms with Crippen molar-refractivity contribution in [2.45, 2.75) is 19.4 Å². The number of hydrogen-bond donors (Lipinski definition) is 0. The molecule has 1 aliphatic heterocycles. The van der Waals surface area contributed by atoms with Crippen LogP contribution in [0.5, 0.6) is 0 Å². The molecule has 3 nitrogen and oxygen atoms in total. The molecule has 0 aromatic rings. The highest BCUT2D eigenvalue weighted by Gasteiger charge is 2.26. The molecule has 74 valence electrons. The topological polar surface area (TPSA) is 23.6 Å². The van der Waals surface area contributed by atoms with E-state index in [1.54, 1.807) is 0 Å². The van der Waals surface area contributed by atoms with Crippen molar-refractivity contribution in [3.8, 4) is 0 Å². The van der Waals surface area contributed by atoms with E-state index in [2.05, 4.69) is 25.5 Å². The Hall–Kier alpha value is -0.830. The predicted octanol–water partition coefficient (Wildman–Crippen LogP) is 0.725. The van der Waals surface area contributed by atoms with Gasteiger partial charge in [0.2, 0.25) is 5.91 Å². The maximum absolute atomic E-state index is 11.3. The van der Waals surface area contributed by atoms with E-state index in [9.17, 15) is 4.79 Å². The molecule has 1 rings (SSSR count). The summed E-state index contributed by atoms with van der Waals surface area (Å²) in [6.45, 7) is 8.40. The Morgan fingerprint density at radius 1 is 1.77 bits per heavy atom. The van der Waals surface area contributed by atoms with E-state index < -0.39 is 0 Å². The van der Waals surface area contributed by atoms with Crippen LogP contribution in [0.1, 0.15) is 13.3 Å². The predicted molar refractivity (Wildman–Crippen MR) is 53.5 cm³/mol. The Bertz CT molecular complexity index is 203. The van der Waals surface area contributed by atoms with Gasteiger partial charge in [0, 0.05) is 19.1 Å². The van der Waals surface area contributed by atoms with Crippen LogP contribution in [0.2, 0.25) is 0 Å². The summed E-state index contributed by atoms with van der Waals surface area (Å²) in [4.78, 5) is 15.4. The van der Waals surface area contributed by atoms with Crippen LogP contribution in [0.25, 0.3) is 0 Å². The molecular weight excluding hydrogens is 164 g/mol. The van der Waals surface area contributed by atoms with Gasteiger partial charge in [-0.15, -0.1) is 0 Å². The Balaban J connectivity index is 2.44. The van der Waals surface area contributed by atoms with Crippen molar-refractivity contribution in [3.63, 3.8) is 0 Å². The number of carbonyl (C=O) groups excluding carboxylic acids is 1. The summed E-state index contributed by atoms with van der Waals surface area (Å²) >= 11 is 0. The highest BCUT2D eigenvalue weighted by Crippen LogP contribution is 2.14. The minimum Gasteiger partial charge on any atom is -0.338 e. The molecule has 0 saturated carbocycles. The molecule has 0 N–H and O–H groups in total. The second-order valence-corrected chi connectivity index (χ2v) is 3.50. The average molecular weight is 182 g/mol. The van der Waals surface area contributed by atoms with Crippen molar-refractivity contribution in [3.05, 3.63) is 12.7 Å². The van der Waals surface area contributed by atoms with Crippen LogP contribution in [0.4, 0.5) is 0 Å². The van der Waals surface area contributed by atoms with E-state index in [-0.39, 0.29) is 5.91 Å². The maximum atomic E-state index is 11.3. The first-order chi connectivity index (χ1) is 6.19. The van der Waals surface area contributed by atoms with E-state index in [4.69, 9.17) is 0 Å². The molecule has 1 atom stereocenters. The van der Waals surface area contributed by atoms with Gasteiger partial charge in [-0.05, 0) is 26.1 Å². The summed E-state index contributed by atoms with van der Waals surface area (Å²) in [6, 6.07) is 0.536. The third-order valence-corrected chi connectivity index (χ3v) is 2.77. The van der Waals surface area contributed by atoms with E-state index in [0.29, 0.717) is 6.04 Å². The normalized spacial score (nSPS) is 22.4. The van der Waals surface area contributed by atoms with Crippen LogP contribution in [0.3, 0.4) is 0 Å². The van der Waals surface area contributed by atoms with Crippen LogP contribution >= 0.6 is 0 Å². The van der Waals surface area contributed by atoms with Crippen molar-refractivity contribution in [1.82, 2.24) is 9.80 Å². The maximum Gasteiger partial charge on any atom is 0.246 e. The largest absolute Gasteiger partial charge is 0.338 e. The lowest BCUT2D eigenvalue weighted by Crippen LogP contribution is -2.35. The Kier molecular flexibility index (Phi) is 3.48. The first kappa shape index (κ1) is 10.3. The number of hydrogen-bond acceptors (Lipinski definition) is 2. The molecule has 13 heavy (non-hydrogen) atoms. The molecular formula is C10H18N2O. The van der Waals surface area contributed by atoms with Crippen molar-refractivity contribution in [1.29, 1.82) is 0 Å². The molecule has 1 aliphatic rings. The molecule has 0 aromatic carbocycles. The van der Waals surface area contributed by atoms with Gasteiger partial charge in [-0.3, -0.25) is 4.79 Å². The van der Waals surface area contributed by atoms with Crippen LogP contribution in [-0.4, -0.2) is 48.4 Å². The first-order valence-electron chi connectivity index (χ1n) is 4.80. The second-order valence-electron chi connectivity index (χ2n) is 3.50. The molecule has 1 amide bonds. The molecule has 0 aliphatic carbocycles. The van der Waals surface area contributed by atoms with E-state index in [1.165, 1.54) is 6.08 Å². The molecule has 1 heterocycles. The zero-order valence-corrected chi connectivity index (χ0v) is 8.49. The quantitative estimate of drug-likeness (QED) is 0.601. The van der Waals surface area contributed by atoms with E-state index >= 15 is 0 Å². The second kappa shape index (κ2) is 4.42. The van der Waals surface area contributed by atoms with Crippen molar-refractivity contribution < 1.29 is 4.79 Å². The zero-order valence-electron chi connectivity index (χ0n) is 8.49. The van der Waals surface area contributed by atoms with Crippen molar-refractivity contribution in [2.75, 3.05) is 26.7 Å². The van der Waals surface area contributed by atoms with Crippen LogP contribution < -0.4 is 0 Å². The summed E-state index contributed by atoms with van der Waals surface area (Å²) in [6.07, 6.45) is 2.48. The fraction of sp³-hybridized carbons (Fsp3) is 0.700. The number of amides is 1. The van der Waals surface area contributed by atoms with E-state index in [0.717, 1.165) is 26.1 Å². The Morgan fingerprint density at radius 2 is 2.46 bits per heavy atom. The molecule has 1 saturated heterocycles. The molecule has 1 unspecified atom stereocenters. The molecule has 0 spiro atoms. The average Bonchev–Trinajstić information content (AvgIpc) is 2.64. The van der Waals surface area contributed by atoms with Gasteiger partial charge in [-0.25, -0.2) is 0 Å². The number of likely N-dealkylation sites (tertiary alicyclic amines) is 1. The van der Waals surface area contributed by atoms with Crippen molar-refractivity contribution in [2.24, 2.45) is 0 Å². The van der Waals surface area contributed by atoms with Gasteiger partial charge in [0.25, 0.3) is 0 Å². The van der Waals surface area contributed by atoms with Gasteiger partial charge in [0.15, 0.2) is 0 Å². The summed E-state index contributed by atoms with van der Waals surface area (Å²) in [5.74, 6) is 0.0620. The van der Waals surface area contributed by atoms with Crippen LogP contribution in [-0.2, 0) is 4.79 Å². The SMILES string of the molecule is C=CC(=O)N1CCC(N(C)CC)C1. The number of carbonyl (C=O) groups is 1. The van der Waals surface area contributed by atoms with Gasteiger partial charge in [-0.2, -0.15) is 0 Å². The molecule has 1 fully saturated rings. The number of likely N-dealkylation sites (N-methyl/N-ethyl adjacent to an activating group) is 1. The molecule has 0 bridgehead atoms. The monoisotopic (exact) mass is 182 g/mol. The fourth-order valence-electron chi connectivity index (χ4n) is 1.69. The van der Waals surface area contributed by atoms with Gasteiger partial charge in [0.1, 0.15) is 0 Å². The zero-order chi connectivity index (χ0) is 9.84. The van der Waals surface area contributed by atoms with Gasteiger partial charge < -0.3 is 9.80 Å². The summed E-state index contributed by atoms with van der Waals surface area (Å²) in [5.41, 5.74) is 0. The lowest BCUT2D eigenvalue weighted by molar-refractivity contribution is -0.125. The molecule has 0 radical (unpaired) electrons. The highest BCUT2D eigenvalue weighted by molar-refractivity contribution is 5.87. The number of nitrogens with zero attached hydrogens (tertiary/aromatic N) is 2. The van der Waals surface area contributed by atoms with Gasteiger partial charge >= 0.3 is 0 Å². The third kappa shape index (κ3) is 2.31. The summed E-state index contributed by atoms with van der Waals surface area (Å²) < 4.78 is 0. The lowest BCUT2D eigenvalue weighted by Gasteiger charge is -2.22. The Morgan fingerprint density at radius 3 is 3.00 bits per heavy atom. The van der Waals surface area contributed by atoms with Crippen molar-refractivity contribution >= 4 is 5.91 Å². The van der Waals surface area contributed by atoms with Crippen LogP contribution in [0, 0.1) is 0 Å². The number of rotatable bonds is 3. The minimum atomic E-state index is 0.0620. The van der Waals surface area contributed by atoms with Crippen LogP contribution in [0.15, 0.2) is 12.7 Å². The smallest absolute Gasteiger partial charge is 0.246 e. The summed E-state index contributed by atoms with van der Waals surface area (Å²) in [7, 11) is 2.10.